The molecule has 480 valence electrons. The Morgan fingerprint density at radius 2 is 0.753 bits per heavy atom. The second kappa shape index (κ2) is 31.9. The molecule has 3 aromatic carbocycles. The number of benzene rings is 3. The summed E-state index contributed by atoms with van der Waals surface area (Å²) >= 11 is 11.0. The molecule has 6 aromatic heterocycles. The van der Waals surface area contributed by atoms with Crippen molar-refractivity contribution in [3.63, 3.8) is 0 Å². The summed E-state index contributed by atoms with van der Waals surface area (Å²) in [5.41, 5.74) is 11.8. The van der Waals surface area contributed by atoms with Crippen molar-refractivity contribution in [3.8, 4) is 30.6 Å². The number of fused-ring (bicyclic) bond motifs is 6. The van der Waals surface area contributed by atoms with Gasteiger partial charge in [-0.25, -0.2) is 0 Å². The molecule has 2 amide bonds. The van der Waals surface area contributed by atoms with Gasteiger partial charge in [-0.3, -0.25) is 14.5 Å². The number of carbonyl (C=O) groups excluding carboxylic acids is 2. The lowest BCUT2D eigenvalue weighted by Gasteiger charge is -2.21. The monoisotopic (exact) mass is 1310 g/mol. The number of nitrogens with zero attached hydrogens (tertiary/aromatic N) is 3. The van der Waals surface area contributed by atoms with E-state index in [-0.39, 0.29) is 11.8 Å². The number of hydrogen-bond donors (Lipinski definition) is 0. The van der Waals surface area contributed by atoms with Crippen molar-refractivity contribution in [2.24, 2.45) is 29.6 Å². The number of aromatic nitrogens is 2. The molecule has 0 saturated heterocycles. The summed E-state index contributed by atoms with van der Waals surface area (Å²) in [7, 11) is 0. The van der Waals surface area contributed by atoms with Crippen LogP contribution in [0.4, 0.5) is 0 Å². The van der Waals surface area contributed by atoms with E-state index in [2.05, 4.69) is 119 Å². The molecule has 5 unspecified atom stereocenters. The molecule has 10 rings (SSSR count). The van der Waals surface area contributed by atoms with Gasteiger partial charge in [0.25, 0.3) is 11.8 Å². The smallest absolute Gasteiger partial charge is 0.263 e. The van der Waals surface area contributed by atoms with E-state index in [0.29, 0.717) is 35.4 Å². The fourth-order valence-electron chi connectivity index (χ4n) is 15.1. The fourth-order valence-corrected chi connectivity index (χ4v) is 21.9. The first kappa shape index (κ1) is 68.0. The van der Waals surface area contributed by atoms with E-state index in [1.807, 2.05) is 45.3 Å². The van der Waals surface area contributed by atoms with E-state index in [1.54, 1.807) is 27.4 Å². The highest BCUT2D eigenvalue weighted by Crippen LogP contribution is 2.53. The molecule has 5 nitrogen and oxygen atoms in total. The lowest BCUT2D eigenvalue weighted by atomic mass is 9.88. The number of rotatable bonds is 37. The maximum atomic E-state index is 14.8. The molecule has 9 aromatic rings. The van der Waals surface area contributed by atoms with Gasteiger partial charge in [0, 0.05) is 60.9 Å². The van der Waals surface area contributed by atoms with Crippen molar-refractivity contribution in [2.75, 3.05) is 6.54 Å². The van der Waals surface area contributed by atoms with Gasteiger partial charge in [-0.15, -0.1) is 56.7 Å². The molecular weight excluding hydrogens is 1200 g/mol. The Morgan fingerprint density at radius 1 is 0.404 bits per heavy atom. The zero-order valence-corrected chi connectivity index (χ0v) is 61.4. The highest BCUT2D eigenvalue weighted by molar-refractivity contribution is 7.27. The molecule has 1 aliphatic heterocycles. The molecule has 0 saturated carbocycles. The summed E-state index contributed by atoms with van der Waals surface area (Å²) in [5, 5.41) is 5.76. The minimum absolute atomic E-state index is 0.0894. The lowest BCUT2D eigenvalue weighted by Crippen LogP contribution is -2.34. The molecule has 5 atom stereocenters. The topological polar surface area (TPSA) is 63.2 Å². The van der Waals surface area contributed by atoms with E-state index in [9.17, 15) is 9.59 Å². The van der Waals surface area contributed by atoms with Crippen LogP contribution in [0, 0.1) is 43.4 Å². The Labute approximate surface area is 559 Å². The number of hydrogen-bond acceptors (Lipinski definition) is 10. The Hall–Kier alpha value is -3.84. The zero-order valence-electron chi connectivity index (χ0n) is 56.5. The molecule has 11 heteroatoms. The quantitative estimate of drug-likeness (QED) is 0.0364. The summed E-state index contributed by atoms with van der Waals surface area (Å²) in [6, 6.07) is 15.0. The standard InChI is InChI=1S/C78H105N3O2S6/c1-13-23-28-50(18-6)33-37-55-61-43-48(11)84-72(61)56(38-34-51(19-7)29-24-14-2)62-44-65(86-73(55)62)59-41-42-60(71-70(59)79-89-80-71)66-45-63-57(39-35-52(20-8)30-25-15-3)75-64(58(74(63)87-66)40-36-53(21-9)31-26-16-4)46-67(88-75)76-69-68(49(12)85-76)77(82)81(78(69)83)47-54(22-10)32-27-17-5/h41-46,50-54H,13-40,47H2,1-12H3. The van der Waals surface area contributed by atoms with Crippen molar-refractivity contribution >= 4 is 132 Å². The third-order valence-electron chi connectivity index (χ3n) is 21.0. The minimum Gasteiger partial charge on any atom is -0.274 e. The Morgan fingerprint density at radius 3 is 1.15 bits per heavy atom. The Bertz CT molecular complexity index is 3690. The van der Waals surface area contributed by atoms with Crippen LogP contribution in [0.1, 0.15) is 276 Å². The van der Waals surface area contributed by atoms with Gasteiger partial charge >= 0.3 is 0 Å². The summed E-state index contributed by atoms with van der Waals surface area (Å²) < 4.78 is 16.3. The second-order valence-corrected chi connectivity index (χ2v) is 33.1. The first-order valence-electron chi connectivity index (χ1n) is 35.6. The largest absolute Gasteiger partial charge is 0.274 e. The number of thiophene rings is 5. The predicted octanol–water partition coefficient (Wildman–Crippen LogP) is 26.6. The van der Waals surface area contributed by atoms with Crippen molar-refractivity contribution in [3.05, 3.63) is 79.5 Å². The maximum absolute atomic E-state index is 14.8. The van der Waals surface area contributed by atoms with Gasteiger partial charge in [-0.1, -0.05) is 203 Å². The third kappa shape index (κ3) is 14.6. The fraction of sp³-hybridized carbons (Fsp3) is 0.590. The molecule has 0 aliphatic carbocycles. The average molecular weight is 1310 g/mol. The van der Waals surface area contributed by atoms with Gasteiger partial charge in [0.15, 0.2) is 0 Å². The van der Waals surface area contributed by atoms with E-state index < -0.39 is 0 Å². The highest BCUT2D eigenvalue weighted by Gasteiger charge is 2.42. The van der Waals surface area contributed by atoms with Crippen LogP contribution >= 0.6 is 68.4 Å². The molecule has 0 N–H and O–H groups in total. The van der Waals surface area contributed by atoms with Crippen molar-refractivity contribution in [2.45, 2.75) is 263 Å². The molecule has 89 heavy (non-hydrogen) atoms. The van der Waals surface area contributed by atoms with Crippen LogP contribution in [-0.2, 0) is 25.7 Å². The summed E-state index contributed by atoms with van der Waals surface area (Å²) in [5.74, 6) is 2.97. The number of aryl methyl sites for hydroxylation is 6. The molecule has 0 spiro atoms. The van der Waals surface area contributed by atoms with Gasteiger partial charge in [-0.2, -0.15) is 8.75 Å². The Balaban J connectivity index is 1.12. The van der Waals surface area contributed by atoms with E-state index in [1.165, 1.54) is 205 Å². The molecular formula is C78H105N3O2S6. The van der Waals surface area contributed by atoms with Crippen LogP contribution < -0.4 is 0 Å². The van der Waals surface area contributed by atoms with Gasteiger partial charge in [0.2, 0.25) is 0 Å². The van der Waals surface area contributed by atoms with Crippen LogP contribution in [0.2, 0.25) is 0 Å². The summed E-state index contributed by atoms with van der Waals surface area (Å²) in [6.07, 6.45) is 33.5. The van der Waals surface area contributed by atoms with Crippen LogP contribution in [-0.4, -0.2) is 32.0 Å². The van der Waals surface area contributed by atoms with E-state index in [0.717, 1.165) is 102 Å². The van der Waals surface area contributed by atoms with E-state index in [4.69, 9.17) is 8.75 Å². The summed E-state index contributed by atoms with van der Waals surface area (Å²) in [6.45, 7) is 28.3. The maximum Gasteiger partial charge on any atom is 0.263 e. The lowest BCUT2D eigenvalue weighted by molar-refractivity contribution is 0.0624. The van der Waals surface area contributed by atoms with Crippen LogP contribution in [0.25, 0.3) is 82.0 Å². The van der Waals surface area contributed by atoms with Crippen LogP contribution in [0.5, 0.6) is 0 Å². The first-order chi connectivity index (χ1) is 43.4. The van der Waals surface area contributed by atoms with Crippen molar-refractivity contribution in [1.82, 2.24) is 13.6 Å². The third-order valence-corrected chi connectivity index (χ3v) is 27.6. The predicted molar refractivity (Wildman–Crippen MR) is 398 cm³/mol. The van der Waals surface area contributed by atoms with Gasteiger partial charge in [0.05, 0.1) is 27.7 Å². The van der Waals surface area contributed by atoms with Gasteiger partial charge in [0.1, 0.15) is 11.0 Å². The molecule has 0 radical (unpaired) electrons. The number of amides is 2. The molecule has 7 heterocycles. The number of carbonyl (C=O) groups is 2. The van der Waals surface area contributed by atoms with Gasteiger partial charge < -0.3 is 0 Å². The van der Waals surface area contributed by atoms with Crippen molar-refractivity contribution in [1.29, 1.82) is 0 Å². The zero-order chi connectivity index (χ0) is 62.9. The molecule has 1 aliphatic rings. The first-order valence-corrected chi connectivity index (χ1v) is 40.4. The molecule has 0 bridgehead atoms. The number of unbranched alkanes of at least 4 members (excludes halogenated alkanes) is 5. The SMILES string of the molecule is CCCCC(CC)CCc1c2cc(-c3ccc(-c4cc5c(CCC(CC)CCCC)c6sc(-c7sc(C)c8c7C(=O)N(CC(CC)CCCC)C8=O)cc6c(CCC(CC)CCCC)c5s4)c4nsnc34)sc2c(CCC(CC)CCCC)c2cc(C)sc12. The highest BCUT2D eigenvalue weighted by atomic mass is 32.1. The second-order valence-electron chi connectivity index (χ2n) is 26.9. The average Bonchev–Trinajstić information content (AvgIpc) is 1.65. The minimum atomic E-state index is -0.0903. The number of imide groups is 1. The van der Waals surface area contributed by atoms with Crippen molar-refractivity contribution < 1.29 is 9.59 Å². The summed E-state index contributed by atoms with van der Waals surface area (Å²) in [4.78, 5) is 37.9. The van der Waals surface area contributed by atoms with Gasteiger partial charge in [-0.05, 0) is 169 Å². The molecule has 0 fully saturated rings. The normalized spacial score (nSPS) is 14.7. The van der Waals surface area contributed by atoms with E-state index >= 15 is 0 Å². The Kier molecular flexibility index (Phi) is 24.4. The van der Waals surface area contributed by atoms with Crippen LogP contribution in [0.15, 0.2) is 36.4 Å². The van der Waals surface area contributed by atoms with Crippen LogP contribution in [0.3, 0.4) is 0 Å².